The highest BCUT2D eigenvalue weighted by Crippen LogP contribution is 2.26. The summed E-state index contributed by atoms with van der Waals surface area (Å²) < 4.78 is 0. The van der Waals surface area contributed by atoms with Gasteiger partial charge >= 0.3 is 12.0 Å². The van der Waals surface area contributed by atoms with Crippen LogP contribution in [0.15, 0.2) is 24.3 Å². The Morgan fingerprint density at radius 1 is 1.23 bits per heavy atom. The first-order valence-corrected chi connectivity index (χ1v) is 9.69. The van der Waals surface area contributed by atoms with E-state index in [2.05, 4.69) is 10.6 Å². The number of carboxylic acid groups (broad SMARTS) is 1. The van der Waals surface area contributed by atoms with E-state index in [9.17, 15) is 9.59 Å². The summed E-state index contributed by atoms with van der Waals surface area (Å²) in [5, 5.41) is 15.2. The molecular weight excluding hydrogens is 330 g/mol. The number of piperidine rings is 1. The van der Waals surface area contributed by atoms with E-state index in [1.165, 1.54) is 12.8 Å². The number of rotatable bonds is 8. The number of nitrogens with one attached hydrogen (secondary N) is 2. The Bertz CT molecular complexity index is 611. The zero-order chi connectivity index (χ0) is 18.4. The van der Waals surface area contributed by atoms with Crippen LogP contribution in [0.1, 0.15) is 49.3 Å². The standard InChI is InChI=1S/C20H29N3O3/c24-19(25)10-7-15-5-8-17(9-6-15)18-14-22-20(26)23(18)12-2-4-16-3-1-11-21-13-16/h5-6,8-9,16,18,21H,1-4,7,10-14H2,(H,22,26)(H,24,25). The maximum absolute atomic E-state index is 12.2. The zero-order valence-corrected chi connectivity index (χ0v) is 15.2. The lowest BCUT2D eigenvalue weighted by Crippen LogP contribution is -2.33. The highest BCUT2D eigenvalue weighted by atomic mass is 16.4. The predicted octanol–water partition coefficient (Wildman–Crippen LogP) is 2.55. The maximum atomic E-state index is 12.2. The number of carboxylic acids is 1. The normalized spacial score (nSPS) is 23.1. The van der Waals surface area contributed by atoms with Gasteiger partial charge in [0.05, 0.1) is 6.04 Å². The highest BCUT2D eigenvalue weighted by molar-refractivity contribution is 5.77. The molecular formula is C20H29N3O3. The molecule has 26 heavy (non-hydrogen) atoms. The summed E-state index contributed by atoms with van der Waals surface area (Å²) in [6.07, 6.45) is 5.43. The molecule has 0 bridgehead atoms. The Morgan fingerprint density at radius 3 is 2.73 bits per heavy atom. The van der Waals surface area contributed by atoms with Crippen LogP contribution in [0, 0.1) is 5.92 Å². The minimum atomic E-state index is -0.779. The van der Waals surface area contributed by atoms with Gasteiger partial charge in [0.1, 0.15) is 0 Å². The molecule has 6 nitrogen and oxygen atoms in total. The number of carbonyl (C=O) groups excluding carboxylic acids is 1. The Labute approximate surface area is 155 Å². The molecule has 0 aliphatic carbocycles. The molecule has 2 amide bonds. The molecule has 1 aromatic rings. The number of carbonyl (C=O) groups is 2. The number of nitrogens with zero attached hydrogens (tertiary/aromatic N) is 1. The van der Waals surface area contributed by atoms with Gasteiger partial charge in [-0.25, -0.2) is 4.79 Å². The monoisotopic (exact) mass is 359 g/mol. The summed E-state index contributed by atoms with van der Waals surface area (Å²) in [5.41, 5.74) is 2.13. The molecule has 2 unspecified atom stereocenters. The second-order valence-corrected chi connectivity index (χ2v) is 7.39. The lowest BCUT2D eigenvalue weighted by molar-refractivity contribution is -0.136. The quantitative estimate of drug-likeness (QED) is 0.666. The predicted molar refractivity (Wildman–Crippen MR) is 100 cm³/mol. The summed E-state index contributed by atoms with van der Waals surface area (Å²) in [6, 6.07) is 8.10. The van der Waals surface area contributed by atoms with Crippen molar-refractivity contribution in [3.05, 3.63) is 35.4 Å². The minimum Gasteiger partial charge on any atom is -0.481 e. The number of urea groups is 1. The summed E-state index contributed by atoms with van der Waals surface area (Å²) >= 11 is 0. The van der Waals surface area contributed by atoms with E-state index in [0.717, 1.165) is 49.5 Å². The highest BCUT2D eigenvalue weighted by Gasteiger charge is 2.31. The number of hydrogen-bond donors (Lipinski definition) is 3. The molecule has 142 valence electrons. The summed E-state index contributed by atoms with van der Waals surface area (Å²) in [5.74, 6) is -0.0413. The fourth-order valence-electron chi connectivity index (χ4n) is 3.97. The van der Waals surface area contributed by atoms with Gasteiger partial charge in [-0.1, -0.05) is 24.3 Å². The van der Waals surface area contributed by atoms with Crippen molar-refractivity contribution in [3.8, 4) is 0 Å². The van der Waals surface area contributed by atoms with E-state index in [4.69, 9.17) is 5.11 Å². The van der Waals surface area contributed by atoms with Gasteiger partial charge in [0, 0.05) is 19.5 Å². The van der Waals surface area contributed by atoms with Crippen molar-refractivity contribution in [1.29, 1.82) is 0 Å². The molecule has 3 rings (SSSR count). The van der Waals surface area contributed by atoms with Crippen LogP contribution in [0.3, 0.4) is 0 Å². The molecule has 2 heterocycles. The first-order valence-electron chi connectivity index (χ1n) is 9.69. The molecule has 0 aromatic heterocycles. The van der Waals surface area contributed by atoms with Gasteiger partial charge < -0.3 is 20.6 Å². The molecule has 1 aromatic carbocycles. The van der Waals surface area contributed by atoms with Crippen molar-refractivity contribution < 1.29 is 14.7 Å². The van der Waals surface area contributed by atoms with Crippen molar-refractivity contribution in [2.45, 2.75) is 44.6 Å². The largest absolute Gasteiger partial charge is 0.481 e. The van der Waals surface area contributed by atoms with Crippen molar-refractivity contribution in [3.63, 3.8) is 0 Å². The first-order chi connectivity index (χ1) is 12.6. The summed E-state index contributed by atoms with van der Waals surface area (Å²) in [6.45, 7) is 3.66. The van der Waals surface area contributed by atoms with Crippen molar-refractivity contribution in [2.24, 2.45) is 5.92 Å². The first kappa shape index (κ1) is 18.7. The van der Waals surface area contributed by atoms with Crippen LogP contribution in [-0.4, -0.2) is 48.2 Å². The molecule has 2 saturated heterocycles. The van der Waals surface area contributed by atoms with Crippen molar-refractivity contribution in [2.75, 3.05) is 26.2 Å². The third kappa shape index (κ3) is 4.97. The van der Waals surface area contributed by atoms with E-state index in [1.807, 2.05) is 29.2 Å². The van der Waals surface area contributed by atoms with Crippen LogP contribution in [0.5, 0.6) is 0 Å². The van der Waals surface area contributed by atoms with Crippen LogP contribution in [-0.2, 0) is 11.2 Å². The van der Waals surface area contributed by atoms with Gasteiger partial charge in [-0.05, 0) is 62.2 Å². The molecule has 2 atom stereocenters. The molecule has 6 heteroatoms. The summed E-state index contributed by atoms with van der Waals surface area (Å²) in [4.78, 5) is 24.9. The minimum absolute atomic E-state index is 0.0201. The second-order valence-electron chi connectivity index (χ2n) is 7.39. The second kappa shape index (κ2) is 9.03. The third-order valence-electron chi connectivity index (χ3n) is 5.49. The molecule has 0 spiro atoms. The number of benzene rings is 1. The van der Waals surface area contributed by atoms with Crippen molar-refractivity contribution in [1.82, 2.24) is 15.5 Å². The number of aryl methyl sites for hydroxylation is 1. The third-order valence-corrected chi connectivity index (χ3v) is 5.49. The SMILES string of the molecule is O=C(O)CCc1ccc(C2CNC(=O)N2CCCC2CCCNC2)cc1. The van der Waals surface area contributed by atoms with E-state index in [-0.39, 0.29) is 18.5 Å². The van der Waals surface area contributed by atoms with Gasteiger partial charge in [-0.15, -0.1) is 0 Å². The number of hydrogen-bond acceptors (Lipinski definition) is 3. The van der Waals surface area contributed by atoms with Gasteiger partial charge in [-0.2, -0.15) is 0 Å². The number of aliphatic carboxylic acids is 1. The fourth-order valence-corrected chi connectivity index (χ4v) is 3.97. The van der Waals surface area contributed by atoms with Crippen molar-refractivity contribution >= 4 is 12.0 Å². The van der Waals surface area contributed by atoms with E-state index >= 15 is 0 Å². The van der Waals surface area contributed by atoms with Gasteiger partial charge in [0.2, 0.25) is 0 Å². The van der Waals surface area contributed by atoms with E-state index < -0.39 is 5.97 Å². The molecule has 0 saturated carbocycles. The lowest BCUT2D eigenvalue weighted by atomic mass is 9.94. The van der Waals surface area contributed by atoms with Crippen LogP contribution in [0.4, 0.5) is 4.79 Å². The topological polar surface area (TPSA) is 81.7 Å². The Hall–Kier alpha value is -2.08. The lowest BCUT2D eigenvalue weighted by Gasteiger charge is -2.26. The molecule has 0 radical (unpaired) electrons. The van der Waals surface area contributed by atoms with Gasteiger partial charge in [0.15, 0.2) is 0 Å². The van der Waals surface area contributed by atoms with Crippen LogP contribution in [0.25, 0.3) is 0 Å². The molecule has 3 N–H and O–H groups in total. The number of amides is 2. The zero-order valence-electron chi connectivity index (χ0n) is 15.2. The fraction of sp³-hybridized carbons (Fsp3) is 0.600. The van der Waals surface area contributed by atoms with Gasteiger partial charge in [0.25, 0.3) is 0 Å². The smallest absolute Gasteiger partial charge is 0.318 e. The molecule has 2 aliphatic heterocycles. The summed E-state index contributed by atoms with van der Waals surface area (Å²) in [7, 11) is 0. The van der Waals surface area contributed by atoms with Crippen LogP contribution < -0.4 is 10.6 Å². The molecule has 2 aliphatic rings. The Balaban J connectivity index is 1.53. The average molecular weight is 359 g/mol. The van der Waals surface area contributed by atoms with Crippen LogP contribution in [0.2, 0.25) is 0 Å². The van der Waals surface area contributed by atoms with E-state index in [1.54, 1.807) is 0 Å². The maximum Gasteiger partial charge on any atom is 0.318 e. The van der Waals surface area contributed by atoms with Gasteiger partial charge in [-0.3, -0.25) is 4.79 Å². The Kier molecular flexibility index (Phi) is 6.50. The average Bonchev–Trinajstić information content (AvgIpc) is 3.02. The molecule has 2 fully saturated rings. The van der Waals surface area contributed by atoms with E-state index in [0.29, 0.717) is 13.0 Å². The van der Waals surface area contributed by atoms with Crippen LogP contribution >= 0.6 is 0 Å². The Morgan fingerprint density at radius 2 is 2.04 bits per heavy atom.